The summed E-state index contributed by atoms with van der Waals surface area (Å²) in [5.74, 6) is -4.84. The van der Waals surface area contributed by atoms with Gasteiger partial charge in [-0.2, -0.15) is 0 Å². The van der Waals surface area contributed by atoms with Crippen LogP contribution in [-0.4, -0.2) is 82.3 Å². The molecule has 190 valence electrons. The molecule has 0 spiro atoms. The van der Waals surface area contributed by atoms with Crippen LogP contribution in [0.1, 0.15) is 52.4 Å². The lowest BCUT2D eigenvalue weighted by Crippen LogP contribution is -2.58. The molecule has 0 aromatic rings. The number of amides is 3. The van der Waals surface area contributed by atoms with Crippen molar-refractivity contribution >= 4 is 29.7 Å². The largest absolute Gasteiger partial charge is 0.481 e. The van der Waals surface area contributed by atoms with E-state index in [9.17, 15) is 34.2 Å². The monoisotopic (exact) mass is 475 g/mol. The maximum absolute atomic E-state index is 12.7. The number of carbonyl (C=O) groups excluding carboxylic acids is 3. The Balaban J connectivity index is 5.28. The molecule has 33 heavy (non-hydrogen) atoms. The molecule has 0 fully saturated rings. The fourth-order valence-electron chi connectivity index (χ4n) is 2.92. The third-order valence-corrected chi connectivity index (χ3v) is 4.72. The SMILES string of the molecule is CC(C)CC(N)C(=O)NC(CO)C(=O)NC(CCCCN)C(=O)NC(CCC(=O)O)C(=O)O. The molecule has 0 aliphatic heterocycles. The number of carbonyl (C=O) groups is 5. The van der Waals surface area contributed by atoms with Crippen molar-refractivity contribution in [3.8, 4) is 0 Å². The highest BCUT2D eigenvalue weighted by atomic mass is 16.4. The van der Waals surface area contributed by atoms with Crippen LogP contribution in [-0.2, 0) is 24.0 Å². The molecule has 4 atom stereocenters. The van der Waals surface area contributed by atoms with E-state index in [1.165, 1.54) is 0 Å². The van der Waals surface area contributed by atoms with Gasteiger partial charge < -0.3 is 42.7 Å². The summed E-state index contributed by atoms with van der Waals surface area (Å²) in [5.41, 5.74) is 11.2. The molecule has 13 nitrogen and oxygen atoms in total. The van der Waals surface area contributed by atoms with Crippen molar-refractivity contribution in [3.63, 3.8) is 0 Å². The van der Waals surface area contributed by atoms with Gasteiger partial charge in [-0.15, -0.1) is 0 Å². The fourth-order valence-corrected chi connectivity index (χ4v) is 2.92. The molecule has 4 unspecified atom stereocenters. The number of rotatable bonds is 17. The topological polar surface area (TPSA) is 234 Å². The number of aliphatic carboxylic acids is 2. The second kappa shape index (κ2) is 15.9. The molecule has 0 saturated carbocycles. The molecule has 0 aliphatic carbocycles. The summed E-state index contributed by atoms with van der Waals surface area (Å²) >= 11 is 0. The number of nitrogens with two attached hydrogens (primary N) is 2. The molecule has 0 radical (unpaired) electrons. The summed E-state index contributed by atoms with van der Waals surface area (Å²) in [7, 11) is 0. The number of unbranched alkanes of at least 4 members (excludes halogenated alkanes) is 1. The zero-order valence-electron chi connectivity index (χ0n) is 19.1. The number of hydrogen-bond acceptors (Lipinski definition) is 8. The highest BCUT2D eigenvalue weighted by Crippen LogP contribution is 2.06. The number of aliphatic hydroxyl groups excluding tert-OH is 1. The predicted molar refractivity (Wildman–Crippen MR) is 118 cm³/mol. The first-order chi connectivity index (χ1) is 15.4. The van der Waals surface area contributed by atoms with Crippen LogP contribution in [0.4, 0.5) is 0 Å². The molecular weight excluding hydrogens is 438 g/mol. The molecule has 13 heteroatoms. The van der Waals surface area contributed by atoms with Gasteiger partial charge in [0.05, 0.1) is 12.6 Å². The third-order valence-electron chi connectivity index (χ3n) is 4.72. The molecule has 3 amide bonds. The summed E-state index contributed by atoms with van der Waals surface area (Å²) in [4.78, 5) is 59.6. The Labute approximate surface area is 192 Å². The van der Waals surface area contributed by atoms with Crippen LogP contribution in [0.5, 0.6) is 0 Å². The van der Waals surface area contributed by atoms with Gasteiger partial charge >= 0.3 is 11.9 Å². The number of nitrogens with one attached hydrogen (secondary N) is 3. The van der Waals surface area contributed by atoms with Gasteiger partial charge in [-0.25, -0.2) is 4.79 Å². The molecule has 0 heterocycles. The van der Waals surface area contributed by atoms with Gasteiger partial charge in [-0.3, -0.25) is 19.2 Å². The van der Waals surface area contributed by atoms with Gasteiger partial charge in [0.15, 0.2) is 0 Å². The first-order valence-corrected chi connectivity index (χ1v) is 10.8. The predicted octanol–water partition coefficient (Wildman–Crippen LogP) is -2.12. The Morgan fingerprint density at radius 3 is 1.85 bits per heavy atom. The minimum Gasteiger partial charge on any atom is -0.481 e. The Bertz CT molecular complexity index is 673. The van der Waals surface area contributed by atoms with E-state index in [1.54, 1.807) is 0 Å². The number of carboxylic acids is 2. The lowest BCUT2D eigenvalue weighted by Gasteiger charge is -2.24. The Morgan fingerprint density at radius 1 is 0.818 bits per heavy atom. The zero-order chi connectivity index (χ0) is 25.6. The highest BCUT2D eigenvalue weighted by Gasteiger charge is 2.30. The maximum atomic E-state index is 12.7. The summed E-state index contributed by atoms with van der Waals surface area (Å²) in [6, 6.07) is -4.92. The average Bonchev–Trinajstić information content (AvgIpc) is 2.72. The van der Waals surface area contributed by atoms with Gasteiger partial charge in [0, 0.05) is 6.42 Å². The van der Waals surface area contributed by atoms with Crippen LogP contribution in [0.3, 0.4) is 0 Å². The van der Waals surface area contributed by atoms with E-state index in [4.69, 9.17) is 16.6 Å². The standard InChI is InChI=1S/C20H37N5O8/c1-11(2)9-12(22)17(29)25-15(10-26)19(31)23-13(5-3-4-8-21)18(30)24-14(20(32)33)6-7-16(27)28/h11-15,26H,3-10,21-22H2,1-2H3,(H,23,31)(H,24,30)(H,25,29)(H,27,28)(H,32,33). The first kappa shape index (κ1) is 30.2. The van der Waals surface area contributed by atoms with E-state index in [-0.39, 0.29) is 18.8 Å². The number of aliphatic hydroxyl groups is 1. The van der Waals surface area contributed by atoms with E-state index >= 15 is 0 Å². The molecule has 0 aromatic carbocycles. The second-order valence-corrected chi connectivity index (χ2v) is 8.16. The first-order valence-electron chi connectivity index (χ1n) is 10.8. The Kier molecular flexibility index (Phi) is 14.6. The van der Waals surface area contributed by atoms with Crippen molar-refractivity contribution in [2.24, 2.45) is 17.4 Å². The summed E-state index contributed by atoms with van der Waals surface area (Å²) in [6.45, 7) is 3.32. The summed E-state index contributed by atoms with van der Waals surface area (Å²) < 4.78 is 0. The Hall–Kier alpha value is -2.77. The van der Waals surface area contributed by atoms with Crippen molar-refractivity contribution in [3.05, 3.63) is 0 Å². The van der Waals surface area contributed by atoms with Gasteiger partial charge in [0.25, 0.3) is 0 Å². The zero-order valence-corrected chi connectivity index (χ0v) is 19.1. The molecule has 0 saturated heterocycles. The molecule has 0 aliphatic rings. The lowest BCUT2D eigenvalue weighted by molar-refractivity contribution is -0.143. The van der Waals surface area contributed by atoms with Gasteiger partial charge in [-0.05, 0) is 44.6 Å². The van der Waals surface area contributed by atoms with Crippen molar-refractivity contribution in [1.29, 1.82) is 0 Å². The van der Waals surface area contributed by atoms with Crippen LogP contribution in [0.15, 0.2) is 0 Å². The lowest BCUT2D eigenvalue weighted by atomic mass is 10.0. The maximum Gasteiger partial charge on any atom is 0.326 e. The number of hydrogen-bond donors (Lipinski definition) is 8. The van der Waals surface area contributed by atoms with Crippen LogP contribution in [0.25, 0.3) is 0 Å². The van der Waals surface area contributed by atoms with E-state index in [1.807, 2.05) is 13.8 Å². The second-order valence-electron chi connectivity index (χ2n) is 8.16. The minimum absolute atomic E-state index is 0.110. The minimum atomic E-state index is -1.47. The van der Waals surface area contributed by atoms with Crippen LogP contribution < -0.4 is 27.4 Å². The molecule has 10 N–H and O–H groups in total. The smallest absolute Gasteiger partial charge is 0.326 e. The summed E-state index contributed by atoms with van der Waals surface area (Å²) in [6.07, 6.45) is 0.615. The third kappa shape index (κ3) is 12.7. The van der Waals surface area contributed by atoms with E-state index in [0.717, 1.165) is 0 Å². The quantitative estimate of drug-likeness (QED) is 0.106. The molecule has 0 bridgehead atoms. The average molecular weight is 476 g/mol. The van der Waals surface area contributed by atoms with Gasteiger partial charge in [0.1, 0.15) is 18.1 Å². The van der Waals surface area contributed by atoms with Crippen molar-refractivity contribution in [1.82, 2.24) is 16.0 Å². The molecular formula is C20H37N5O8. The van der Waals surface area contributed by atoms with E-state index in [2.05, 4.69) is 16.0 Å². The van der Waals surface area contributed by atoms with Crippen LogP contribution >= 0.6 is 0 Å². The molecule has 0 aromatic heterocycles. The molecule has 0 rings (SSSR count). The van der Waals surface area contributed by atoms with Crippen molar-refractivity contribution in [2.45, 2.75) is 76.5 Å². The van der Waals surface area contributed by atoms with E-state index < -0.39 is 66.9 Å². The van der Waals surface area contributed by atoms with Crippen molar-refractivity contribution < 1.29 is 39.3 Å². The Morgan fingerprint density at radius 2 is 1.36 bits per heavy atom. The van der Waals surface area contributed by atoms with E-state index in [0.29, 0.717) is 25.8 Å². The van der Waals surface area contributed by atoms with Crippen LogP contribution in [0, 0.1) is 5.92 Å². The number of carboxylic acid groups (broad SMARTS) is 2. The van der Waals surface area contributed by atoms with Crippen LogP contribution in [0.2, 0.25) is 0 Å². The fraction of sp³-hybridized carbons (Fsp3) is 0.750. The van der Waals surface area contributed by atoms with Gasteiger partial charge in [-0.1, -0.05) is 13.8 Å². The van der Waals surface area contributed by atoms with Crippen molar-refractivity contribution in [2.75, 3.05) is 13.2 Å². The summed E-state index contributed by atoms with van der Waals surface area (Å²) in [5, 5.41) is 34.5. The normalized spacial score (nSPS) is 14.6. The highest BCUT2D eigenvalue weighted by molar-refractivity contribution is 5.94. The van der Waals surface area contributed by atoms with Gasteiger partial charge in [0.2, 0.25) is 17.7 Å².